The largest absolute Gasteiger partial charge is 0.495 e. The fourth-order valence-corrected chi connectivity index (χ4v) is 4.40. The van der Waals surface area contributed by atoms with Crippen molar-refractivity contribution >= 4 is 21.6 Å². The minimum absolute atomic E-state index is 0.134. The Labute approximate surface area is 151 Å². The average molecular weight is 384 g/mol. The molecule has 0 bridgehead atoms. The van der Waals surface area contributed by atoms with Crippen molar-refractivity contribution < 1.29 is 17.9 Å². The predicted molar refractivity (Wildman–Crippen MR) is 92.4 cm³/mol. The molecule has 1 aliphatic rings. The normalized spacial score (nSPS) is 16.6. The van der Waals surface area contributed by atoms with Crippen molar-refractivity contribution in [1.82, 2.24) is 14.3 Å². The number of hydrogen-bond acceptors (Lipinski definition) is 6. The Kier molecular flexibility index (Phi) is 5.41. The molecule has 0 N–H and O–H groups in total. The van der Waals surface area contributed by atoms with Gasteiger partial charge < -0.3 is 9.47 Å². The predicted octanol–water partition coefficient (Wildman–Crippen LogP) is 2.37. The summed E-state index contributed by atoms with van der Waals surface area (Å²) in [5, 5.41) is 0.435. The molecule has 1 aliphatic heterocycles. The summed E-state index contributed by atoms with van der Waals surface area (Å²) in [6.45, 7) is 0.720. The number of ether oxygens (including phenoxy) is 2. The van der Waals surface area contributed by atoms with E-state index in [2.05, 4.69) is 9.97 Å². The van der Waals surface area contributed by atoms with Gasteiger partial charge in [0.15, 0.2) is 0 Å². The van der Waals surface area contributed by atoms with Crippen molar-refractivity contribution in [3.05, 3.63) is 41.7 Å². The molecular formula is C16H18ClN3O4S. The molecule has 0 radical (unpaired) electrons. The number of para-hydroxylation sites is 1. The zero-order chi connectivity index (χ0) is 17.9. The first kappa shape index (κ1) is 17.9. The lowest BCUT2D eigenvalue weighted by molar-refractivity contribution is 0.124. The van der Waals surface area contributed by atoms with Gasteiger partial charge >= 0.3 is 6.01 Å². The van der Waals surface area contributed by atoms with Crippen LogP contribution in [0.15, 0.2) is 41.6 Å². The van der Waals surface area contributed by atoms with Crippen LogP contribution in [0.4, 0.5) is 0 Å². The molecule has 0 saturated carbocycles. The van der Waals surface area contributed by atoms with Crippen molar-refractivity contribution in [2.24, 2.45) is 0 Å². The second-order valence-electron chi connectivity index (χ2n) is 5.56. The van der Waals surface area contributed by atoms with E-state index in [9.17, 15) is 8.42 Å². The van der Waals surface area contributed by atoms with Crippen LogP contribution in [0, 0.1) is 0 Å². The topological polar surface area (TPSA) is 81.6 Å². The Balaban J connectivity index is 1.66. The van der Waals surface area contributed by atoms with E-state index < -0.39 is 10.0 Å². The summed E-state index contributed by atoms with van der Waals surface area (Å²) in [6, 6.07) is 6.86. The lowest BCUT2D eigenvalue weighted by Gasteiger charge is -2.31. The van der Waals surface area contributed by atoms with Crippen LogP contribution in [0.3, 0.4) is 0 Å². The third-order valence-corrected chi connectivity index (χ3v) is 6.09. The van der Waals surface area contributed by atoms with E-state index in [0.717, 1.165) is 0 Å². The molecule has 1 aromatic carbocycles. The third-order valence-electron chi connectivity index (χ3n) is 3.96. The first-order chi connectivity index (χ1) is 12.0. The Morgan fingerprint density at radius 1 is 1.16 bits per heavy atom. The van der Waals surface area contributed by atoms with Crippen LogP contribution in [0.5, 0.6) is 11.8 Å². The second kappa shape index (κ2) is 7.55. The highest BCUT2D eigenvalue weighted by atomic mass is 35.5. The summed E-state index contributed by atoms with van der Waals surface area (Å²) in [7, 11) is -2.14. The number of methoxy groups -OCH3 is 1. The van der Waals surface area contributed by atoms with E-state index in [1.165, 1.54) is 23.8 Å². The lowest BCUT2D eigenvalue weighted by atomic mass is 10.1. The van der Waals surface area contributed by atoms with Crippen LogP contribution in [-0.2, 0) is 10.0 Å². The number of hydrogen-bond donors (Lipinski definition) is 0. The SMILES string of the molecule is COc1ccccc1S(=O)(=O)N1CCC(Oc2ncc(Cl)cn2)CC1. The van der Waals surface area contributed by atoms with Gasteiger partial charge in [-0.3, -0.25) is 0 Å². The quantitative estimate of drug-likeness (QED) is 0.788. The molecule has 25 heavy (non-hydrogen) atoms. The number of rotatable bonds is 5. The van der Waals surface area contributed by atoms with Gasteiger partial charge in [0.05, 0.1) is 24.5 Å². The molecule has 0 atom stereocenters. The Hall–Kier alpha value is -1.90. The van der Waals surface area contributed by atoms with Crippen molar-refractivity contribution in [1.29, 1.82) is 0 Å². The third kappa shape index (κ3) is 4.02. The average Bonchev–Trinajstić information content (AvgIpc) is 2.64. The van der Waals surface area contributed by atoms with Crippen LogP contribution >= 0.6 is 11.6 Å². The van der Waals surface area contributed by atoms with Gasteiger partial charge in [-0.1, -0.05) is 23.7 Å². The van der Waals surface area contributed by atoms with Crippen molar-refractivity contribution in [3.63, 3.8) is 0 Å². The molecule has 7 nitrogen and oxygen atoms in total. The highest BCUT2D eigenvalue weighted by molar-refractivity contribution is 7.89. The standard InChI is InChI=1S/C16H18ClN3O4S/c1-23-14-4-2-3-5-15(14)25(21,22)20-8-6-13(7-9-20)24-16-18-10-12(17)11-19-16/h2-5,10-11,13H,6-9H2,1H3. The molecule has 2 aromatic rings. The highest BCUT2D eigenvalue weighted by Gasteiger charge is 2.32. The molecule has 2 heterocycles. The lowest BCUT2D eigenvalue weighted by Crippen LogP contribution is -2.41. The zero-order valence-corrected chi connectivity index (χ0v) is 15.2. The fraction of sp³-hybridized carbons (Fsp3) is 0.375. The van der Waals surface area contributed by atoms with Gasteiger partial charge in [0, 0.05) is 13.1 Å². The number of halogens is 1. The smallest absolute Gasteiger partial charge is 0.316 e. The van der Waals surface area contributed by atoms with E-state index in [1.807, 2.05) is 0 Å². The molecule has 0 spiro atoms. The zero-order valence-electron chi connectivity index (χ0n) is 13.6. The van der Waals surface area contributed by atoms with Gasteiger partial charge in [-0.05, 0) is 25.0 Å². The van der Waals surface area contributed by atoms with Crippen molar-refractivity contribution in [2.45, 2.75) is 23.8 Å². The highest BCUT2D eigenvalue weighted by Crippen LogP contribution is 2.28. The van der Waals surface area contributed by atoms with E-state index in [-0.39, 0.29) is 17.0 Å². The number of aromatic nitrogens is 2. The number of nitrogens with zero attached hydrogens (tertiary/aromatic N) is 3. The molecule has 134 valence electrons. The summed E-state index contributed by atoms with van der Waals surface area (Å²) in [5.74, 6) is 0.343. The van der Waals surface area contributed by atoms with Crippen LogP contribution in [-0.4, -0.2) is 49.0 Å². The molecule has 0 unspecified atom stereocenters. The molecule has 3 rings (SSSR count). The maximum absolute atomic E-state index is 12.8. The first-order valence-corrected chi connectivity index (χ1v) is 9.60. The van der Waals surface area contributed by atoms with Gasteiger partial charge in [0.25, 0.3) is 0 Å². The van der Waals surface area contributed by atoms with E-state index in [0.29, 0.717) is 36.7 Å². The minimum atomic E-state index is -3.60. The fourth-order valence-electron chi connectivity index (χ4n) is 2.67. The number of piperidine rings is 1. The first-order valence-electron chi connectivity index (χ1n) is 7.78. The second-order valence-corrected chi connectivity index (χ2v) is 7.90. The summed E-state index contributed by atoms with van der Waals surface area (Å²) in [4.78, 5) is 8.17. The molecule has 1 saturated heterocycles. The monoisotopic (exact) mass is 383 g/mol. The summed E-state index contributed by atoms with van der Waals surface area (Å²) in [6.07, 6.45) is 3.90. The van der Waals surface area contributed by atoms with Crippen molar-refractivity contribution in [2.75, 3.05) is 20.2 Å². The van der Waals surface area contributed by atoms with Gasteiger partial charge in [0.2, 0.25) is 10.0 Å². The van der Waals surface area contributed by atoms with E-state index in [1.54, 1.807) is 24.3 Å². The Morgan fingerprint density at radius 2 is 1.80 bits per heavy atom. The molecule has 1 aromatic heterocycles. The molecule has 0 amide bonds. The van der Waals surface area contributed by atoms with Crippen LogP contribution in [0.25, 0.3) is 0 Å². The van der Waals surface area contributed by atoms with Gasteiger partial charge in [-0.15, -0.1) is 0 Å². The van der Waals surface area contributed by atoms with E-state index >= 15 is 0 Å². The van der Waals surface area contributed by atoms with Gasteiger partial charge in [-0.25, -0.2) is 18.4 Å². The van der Waals surface area contributed by atoms with E-state index in [4.69, 9.17) is 21.1 Å². The molecule has 9 heteroatoms. The number of benzene rings is 1. The molecular weight excluding hydrogens is 366 g/mol. The van der Waals surface area contributed by atoms with Crippen LogP contribution in [0.1, 0.15) is 12.8 Å². The van der Waals surface area contributed by atoms with Crippen LogP contribution in [0.2, 0.25) is 5.02 Å². The van der Waals surface area contributed by atoms with Gasteiger partial charge in [-0.2, -0.15) is 4.31 Å². The summed E-state index contributed by atoms with van der Waals surface area (Å²) in [5.41, 5.74) is 0. The molecule has 1 fully saturated rings. The Morgan fingerprint density at radius 3 is 2.44 bits per heavy atom. The maximum atomic E-state index is 12.8. The van der Waals surface area contributed by atoms with Crippen molar-refractivity contribution in [3.8, 4) is 11.8 Å². The summed E-state index contributed by atoms with van der Waals surface area (Å²) >= 11 is 5.74. The van der Waals surface area contributed by atoms with Crippen LogP contribution < -0.4 is 9.47 Å². The van der Waals surface area contributed by atoms with Gasteiger partial charge in [0.1, 0.15) is 16.7 Å². The summed E-state index contributed by atoms with van der Waals surface area (Å²) < 4.78 is 38.0. The number of sulfonamides is 1. The minimum Gasteiger partial charge on any atom is -0.495 e. The Bertz CT molecular complexity index is 822. The maximum Gasteiger partial charge on any atom is 0.316 e. The molecule has 0 aliphatic carbocycles.